The zero-order valence-electron chi connectivity index (χ0n) is 15.1. The first kappa shape index (κ1) is 17.0. The minimum atomic E-state index is -0.0793. The van der Waals surface area contributed by atoms with Crippen molar-refractivity contribution in [3.05, 3.63) is 45.5 Å². The van der Waals surface area contributed by atoms with Crippen LogP contribution < -0.4 is 5.56 Å². The molecular formula is C19H24N4O3. The standard InChI is InChI=1S/C19H24N4O3/c1-13-20-17(12-26-13)19(25)22-8-6-14(7-9-22)11-23-18(24)10-15-4-2-3-5-16(15)21-23/h10,12,14H,2-9,11H2,1H3. The van der Waals surface area contributed by atoms with Gasteiger partial charge in [0.25, 0.3) is 11.5 Å². The van der Waals surface area contributed by atoms with E-state index in [1.54, 1.807) is 17.7 Å². The summed E-state index contributed by atoms with van der Waals surface area (Å²) in [7, 11) is 0. The number of aromatic nitrogens is 3. The molecule has 0 spiro atoms. The van der Waals surface area contributed by atoms with Crippen LogP contribution in [0.1, 0.15) is 53.3 Å². The lowest BCUT2D eigenvalue weighted by Gasteiger charge is -2.31. The molecule has 138 valence electrons. The fraction of sp³-hybridized carbons (Fsp3) is 0.579. The highest BCUT2D eigenvalue weighted by Crippen LogP contribution is 2.21. The summed E-state index contributed by atoms with van der Waals surface area (Å²) in [6.07, 6.45) is 7.40. The van der Waals surface area contributed by atoms with Crippen molar-refractivity contribution in [2.75, 3.05) is 13.1 Å². The van der Waals surface area contributed by atoms with Gasteiger partial charge in [0, 0.05) is 32.6 Å². The molecule has 0 N–H and O–H groups in total. The summed E-state index contributed by atoms with van der Waals surface area (Å²) < 4.78 is 6.76. The largest absolute Gasteiger partial charge is 0.448 e. The maximum Gasteiger partial charge on any atom is 0.275 e. The molecule has 26 heavy (non-hydrogen) atoms. The van der Waals surface area contributed by atoms with Crippen molar-refractivity contribution in [3.63, 3.8) is 0 Å². The average molecular weight is 356 g/mol. The fourth-order valence-electron chi connectivity index (χ4n) is 3.92. The van der Waals surface area contributed by atoms with Gasteiger partial charge in [-0.25, -0.2) is 9.67 Å². The number of nitrogens with zero attached hydrogens (tertiary/aromatic N) is 4. The van der Waals surface area contributed by atoms with E-state index in [4.69, 9.17) is 4.42 Å². The van der Waals surface area contributed by atoms with E-state index in [1.165, 1.54) is 6.26 Å². The van der Waals surface area contributed by atoms with Crippen LogP contribution in [-0.4, -0.2) is 38.7 Å². The Bertz CT molecular complexity index is 862. The molecule has 0 saturated carbocycles. The van der Waals surface area contributed by atoms with Crippen LogP contribution in [0.2, 0.25) is 0 Å². The van der Waals surface area contributed by atoms with Gasteiger partial charge in [0.2, 0.25) is 0 Å². The van der Waals surface area contributed by atoms with Gasteiger partial charge in [-0.3, -0.25) is 9.59 Å². The summed E-state index contributed by atoms with van der Waals surface area (Å²) >= 11 is 0. The van der Waals surface area contributed by atoms with Crippen molar-refractivity contribution in [2.45, 2.75) is 52.0 Å². The first-order chi connectivity index (χ1) is 12.6. The second kappa shape index (κ2) is 7.05. The Balaban J connectivity index is 1.38. The third-order valence-electron chi connectivity index (χ3n) is 5.44. The Kier molecular flexibility index (Phi) is 4.61. The van der Waals surface area contributed by atoms with E-state index in [0.717, 1.165) is 49.8 Å². The summed E-state index contributed by atoms with van der Waals surface area (Å²) in [4.78, 5) is 30.7. The Morgan fingerprint density at radius 3 is 2.77 bits per heavy atom. The van der Waals surface area contributed by atoms with Gasteiger partial charge in [-0.15, -0.1) is 0 Å². The topological polar surface area (TPSA) is 81.2 Å². The van der Waals surface area contributed by atoms with Gasteiger partial charge in [-0.1, -0.05) is 0 Å². The number of fused-ring (bicyclic) bond motifs is 1. The number of aryl methyl sites for hydroxylation is 3. The van der Waals surface area contributed by atoms with Crippen molar-refractivity contribution < 1.29 is 9.21 Å². The van der Waals surface area contributed by atoms with E-state index in [1.807, 2.05) is 4.90 Å². The van der Waals surface area contributed by atoms with Crippen LogP contribution >= 0.6 is 0 Å². The first-order valence-corrected chi connectivity index (χ1v) is 9.41. The summed E-state index contributed by atoms with van der Waals surface area (Å²) in [5, 5.41) is 4.61. The van der Waals surface area contributed by atoms with Gasteiger partial charge in [-0.2, -0.15) is 5.10 Å². The van der Waals surface area contributed by atoms with Gasteiger partial charge in [0.05, 0.1) is 5.69 Å². The second-order valence-electron chi connectivity index (χ2n) is 7.33. The molecule has 0 unspecified atom stereocenters. The molecule has 0 atom stereocenters. The Labute approximate surface area is 152 Å². The van der Waals surface area contributed by atoms with Gasteiger partial charge in [0.1, 0.15) is 6.26 Å². The third-order valence-corrected chi connectivity index (χ3v) is 5.44. The van der Waals surface area contributed by atoms with E-state index >= 15 is 0 Å². The highest BCUT2D eigenvalue weighted by Gasteiger charge is 2.26. The Hall–Kier alpha value is -2.44. The van der Waals surface area contributed by atoms with Crippen LogP contribution in [-0.2, 0) is 19.4 Å². The first-order valence-electron chi connectivity index (χ1n) is 9.41. The van der Waals surface area contributed by atoms with Gasteiger partial charge in [0.15, 0.2) is 11.6 Å². The van der Waals surface area contributed by atoms with Crippen molar-refractivity contribution in [2.24, 2.45) is 5.92 Å². The SMILES string of the molecule is Cc1nc(C(=O)N2CCC(Cn3nc4c(cc3=O)CCCC4)CC2)co1. The number of likely N-dealkylation sites (tertiary alicyclic amines) is 1. The lowest BCUT2D eigenvalue weighted by Crippen LogP contribution is -2.40. The van der Waals surface area contributed by atoms with E-state index in [9.17, 15) is 9.59 Å². The molecule has 4 rings (SSSR count). The molecule has 2 aromatic heterocycles. The minimum absolute atomic E-state index is 0.00206. The molecule has 7 nitrogen and oxygen atoms in total. The van der Waals surface area contributed by atoms with Gasteiger partial charge in [-0.05, 0) is 50.0 Å². The molecule has 2 aliphatic rings. The quantitative estimate of drug-likeness (QED) is 0.840. The molecule has 0 radical (unpaired) electrons. The molecule has 2 aromatic rings. The van der Waals surface area contributed by atoms with Crippen LogP contribution in [0.5, 0.6) is 0 Å². The minimum Gasteiger partial charge on any atom is -0.448 e. The lowest BCUT2D eigenvalue weighted by molar-refractivity contribution is 0.0674. The summed E-state index contributed by atoms with van der Waals surface area (Å²) in [6.45, 7) is 3.72. The molecule has 3 heterocycles. The summed E-state index contributed by atoms with van der Waals surface area (Å²) in [5.41, 5.74) is 2.58. The van der Waals surface area contributed by atoms with Crippen LogP contribution in [0, 0.1) is 12.8 Å². The van der Waals surface area contributed by atoms with Crippen molar-refractivity contribution in [1.29, 1.82) is 0 Å². The number of oxazole rings is 1. The maximum atomic E-state index is 12.4. The molecule has 1 aliphatic heterocycles. The number of rotatable bonds is 3. The number of amides is 1. The van der Waals surface area contributed by atoms with Crippen LogP contribution in [0.4, 0.5) is 0 Å². The zero-order chi connectivity index (χ0) is 18.1. The zero-order valence-corrected chi connectivity index (χ0v) is 15.1. The van der Waals surface area contributed by atoms with Gasteiger partial charge >= 0.3 is 0 Å². The van der Waals surface area contributed by atoms with E-state index in [0.29, 0.717) is 37.1 Å². The highest BCUT2D eigenvalue weighted by atomic mass is 16.3. The third kappa shape index (κ3) is 3.43. The maximum absolute atomic E-state index is 12.4. The highest BCUT2D eigenvalue weighted by molar-refractivity contribution is 5.92. The molecule has 1 amide bonds. The molecule has 7 heteroatoms. The monoisotopic (exact) mass is 356 g/mol. The van der Waals surface area contributed by atoms with Crippen molar-refractivity contribution in [1.82, 2.24) is 19.7 Å². The van der Waals surface area contributed by atoms with E-state index < -0.39 is 0 Å². The molecule has 1 aliphatic carbocycles. The average Bonchev–Trinajstić information content (AvgIpc) is 3.09. The number of carbonyl (C=O) groups excluding carboxylic acids is 1. The van der Waals surface area contributed by atoms with Crippen LogP contribution in [0.3, 0.4) is 0 Å². The molecule has 0 aromatic carbocycles. The Morgan fingerprint density at radius 1 is 1.27 bits per heavy atom. The normalized spacial score (nSPS) is 18.0. The second-order valence-corrected chi connectivity index (χ2v) is 7.33. The molecule has 1 saturated heterocycles. The summed E-state index contributed by atoms with van der Waals surface area (Å²) in [5.74, 6) is 0.787. The smallest absolute Gasteiger partial charge is 0.275 e. The number of hydrogen-bond donors (Lipinski definition) is 0. The number of carbonyl (C=O) groups is 1. The van der Waals surface area contributed by atoms with Crippen LogP contribution in [0.25, 0.3) is 0 Å². The van der Waals surface area contributed by atoms with E-state index in [-0.39, 0.29) is 11.5 Å². The lowest BCUT2D eigenvalue weighted by atomic mass is 9.95. The molecule has 0 bridgehead atoms. The van der Waals surface area contributed by atoms with E-state index in [2.05, 4.69) is 10.1 Å². The van der Waals surface area contributed by atoms with Crippen molar-refractivity contribution >= 4 is 5.91 Å². The number of hydrogen-bond acceptors (Lipinski definition) is 5. The fourth-order valence-corrected chi connectivity index (χ4v) is 3.92. The van der Waals surface area contributed by atoms with Crippen LogP contribution in [0.15, 0.2) is 21.5 Å². The molecule has 1 fully saturated rings. The molecular weight excluding hydrogens is 332 g/mol. The van der Waals surface area contributed by atoms with Crippen molar-refractivity contribution in [3.8, 4) is 0 Å². The van der Waals surface area contributed by atoms with Gasteiger partial charge < -0.3 is 9.32 Å². The Morgan fingerprint density at radius 2 is 2.04 bits per heavy atom. The summed E-state index contributed by atoms with van der Waals surface area (Å²) in [6, 6.07) is 1.77. The predicted octanol–water partition coefficient (Wildman–Crippen LogP) is 1.97. The predicted molar refractivity (Wildman–Crippen MR) is 95.0 cm³/mol. The number of piperidine rings is 1.